The first-order valence-corrected chi connectivity index (χ1v) is 5.45. The third kappa shape index (κ3) is 4.34. The molecule has 1 rings (SSSR count). The topological polar surface area (TPSA) is 55.8 Å². The second-order valence-corrected chi connectivity index (χ2v) is 3.58. The Morgan fingerprint density at radius 3 is 2.93 bits per heavy atom. The van der Waals surface area contributed by atoms with Crippen LogP contribution < -0.4 is 0 Å². The molecule has 4 heteroatoms. The Kier molecular flexibility index (Phi) is 5.18. The van der Waals surface area contributed by atoms with Gasteiger partial charge in [0.1, 0.15) is 0 Å². The van der Waals surface area contributed by atoms with Crippen LogP contribution in [0.25, 0.3) is 0 Å². The maximum Gasteiger partial charge on any atom is 0.370 e. The van der Waals surface area contributed by atoms with Crippen molar-refractivity contribution in [3.63, 3.8) is 0 Å². The van der Waals surface area contributed by atoms with Crippen molar-refractivity contribution in [3.05, 3.63) is 11.8 Å². The molecule has 0 aromatic carbocycles. The summed E-state index contributed by atoms with van der Waals surface area (Å²) in [5, 5.41) is 8.88. The lowest BCUT2D eigenvalue weighted by Crippen LogP contribution is -2.24. The van der Waals surface area contributed by atoms with Crippen molar-refractivity contribution < 1.29 is 19.4 Å². The lowest BCUT2D eigenvalue weighted by molar-refractivity contribution is -0.159. The van der Waals surface area contributed by atoms with Gasteiger partial charge in [-0.2, -0.15) is 0 Å². The summed E-state index contributed by atoms with van der Waals surface area (Å²) in [6, 6.07) is 0. The summed E-state index contributed by atoms with van der Waals surface area (Å²) in [7, 11) is 0. The smallest absolute Gasteiger partial charge is 0.370 e. The molecule has 86 valence electrons. The summed E-state index contributed by atoms with van der Waals surface area (Å²) in [5.74, 6) is -0.999. The van der Waals surface area contributed by atoms with Crippen LogP contribution in [0.4, 0.5) is 0 Å². The lowest BCUT2D eigenvalue weighted by Gasteiger charge is -2.23. The van der Waals surface area contributed by atoms with E-state index >= 15 is 0 Å². The zero-order valence-electron chi connectivity index (χ0n) is 9.07. The number of carbonyl (C=O) groups is 1. The number of ether oxygens (including phenoxy) is 2. The molecule has 1 heterocycles. The van der Waals surface area contributed by atoms with Gasteiger partial charge < -0.3 is 14.6 Å². The van der Waals surface area contributed by atoms with E-state index in [9.17, 15) is 4.79 Å². The van der Waals surface area contributed by atoms with Crippen LogP contribution in [-0.4, -0.2) is 24.0 Å². The molecule has 1 fully saturated rings. The van der Waals surface area contributed by atoms with Crippen molar-refractivity contribution in [1.29, 1.82) is 0 Å². The van der Waals surface area contributed by atoms with E-state index in [1.54, 1.807) is 6.08 Å². The van der Waals surface area contributed by atoms with Gasteiger partial charge in [-0.05, 0) is 25.3 Å². The fourth-order valence-electron chi connectivity index (χ4n) is 1.41. The molecule has 0 spiro atoms. The van der Waals surface area contributed by atoms with Crippen LogP contribution in [0.15, 0.2) is 11.8 Å². The predicted molar refractivity (Wildman–Crippen MR) is 55.3 cm³/mol. The molecular formula is C11H18O4. The fraction of sp³-hybridized carbons (Fsp3) is 0.727. The minimum atomic E-state index is -1.02. The third-order valence-electron chi connectivity index (χ3n) is 2.23. The van der Waals surface area contributed by atoms with Gasteiger partial charge in [-0.15, -0.1) is 0 Å². The number of hydrogen-bond acceptors (Lipinski definition) is 3. The number of hydrogen-bond donors (Lipinski definition) is 1. The summed E-state index contributed by atoms with van der Waals surface area (Å²) < 4.78 is 10.6. The van der Waals surface area contributed by atoms with E-state index in [4.69, 9.17) is 14.6 Å². The molecule has 0 amide bonds. The Morgan fingerprint density at radius 1 is 1.60 bits per heavy atom. The molecule has 1 saturated heterocycles. The van der Waals surface area contributed by atoms with E-state index in [2.05, 4.69) is 0 Å². The molecule has 0 aliphatic carbocycles. The van der Waals surface area contributed by atoms with Gasteiger partial charge in [-0.25, -0.2) is 4.79 Å². The molecule has 1 aliphatic rings. The molecule has 15 heavy (non-hydrogen) atoms. The van der Waals surface area contributed by atoms with E-state index in [1.165, 1.54) is 0 Å². The van der Waals surface area contributed by atoms with Crippen molar-refractivity contribution in [2.24, 2.45) is 0 Å². The van der Waals surface area contributed by atoms with Crippen molar-refractivity contribution in [2.45, 2.75) is 45.3 Å². The van der Waals surface area contributed by atoms with Crippen molar-refractivity contribution in [2.75, 3.05) is 6.61 Å². The molecule has 0 bridgehead atoms. The number of rotatable bonds is 5. The zero-order valence-corrected chi connectivity index (χ0v) is 9.07. The van der Waals surface area contributed by atoms with E-state index < -0.39 is 5.97 Å². The van der Waals surface area contributed by atoms with Gasteiger partial charge in [-0.3, -0.25) is 0 Å². The molecule has 0 aromatic heterocycles. The Bertz CT molecular complexity index is 229. The molecule has 4 nitrogen and oxygen atoms in total. The molecule has 1 atom stereocenters. The molecule has 0 unspecified atom stereocenters. The second-order valence-electron chi connectivity index (χ2n) is 3.58. The molecule has 1 N–H and O–H groups in total. The quantitative estimate of drug-likeness (QED) is 0.563. The Morgan fingerprint density at radius 2 is 2.40 bits per heavy atom. The van der Waals surface area contributed by atoms with E-state index in [-0.39, 0.29) is 12.0 Å². The average molecular weight is 214 g/mol. The van der Waals surface area contributed by atoms with Gasteiger partial charge in [0, 0.05) is 6.42 Å². The monoisotopic (exact) mass is 214 g/mol. The summed E-state index contributed by atoms with van der Waals surface area (Å²) >= 11 is 0. The predicted octanol–water partition coefficient (Wildman–Crippen LogP) is 2.30. The molecule has 0 saturated carbocycles. The van der Waals surface area contributed by atoms with Gasteiger partial charge in [0.25, 0.3) is 0 Å². The van der Waals surface area contributed by atoms with Gasteiger partial charge in [0.05, 0.1) is 6.61 Å². The molecule has 0 aromatic rings. The number of carboxylic acids is 1. The van der Waals surface area contributed by atoms with Crippen LogP contribution in [0.5, 0.6) is 0 Å². The van der Waals surface area contributed by atoms with E-state index in [0.717, 1.165) is 25.7 Å². The number of aliphatic carboxylic acids is 1. The highest BCUT2D eigenvalue weighted by Crippen LogP contribution is 2.17. The minimum Gasteiger partial charge on any atom is -0.475 e. The van der Waals surface area contributed by atoms with E-state index in [0.29, 0.717) is 13.0 Å². The minimum absolute atomic E-state index is 0.0174. The number of unbranched alkanes of at least 4 members (excludes halogenated alkanes) is 1. The first kappa shape index (κ1) is 12.0. The summed E-state index contributed by atoms with van der Waals surface area (Å²) in [5.41, 5.74) is 0. The average Bonchev–Trinajstić information content (AvgIpc) is 2.25. The normalized spacial score (nSPS) is 22.5. The molecular weight excluding hydrogens is 196 g/mol. The molecule has 1 aliphatic heterocycles. The van der Waals surface area contributed by atoms with Gasteiger partial charge >= 0.3 is 5.97 Å². The standard InChI is InChI=1S/C11H18O4/c1-2-3-6-9(11(12)13)15-10-7-4-5-8-14-10/h6,10H,2-5,7-8H2,1H3,(H,12,13)/b9-6+/t10-/m1/s1. The Balaban J connectivity index is 2.45. The maximum atomic E-state index is 10.8. The third-order valence-corrected chi connectivity index (χ3v) is 2.23. The highest BCUT2D eigenvalue weighted by Gasteiger charge is 2.19. The van der Waals surface area contributed by atoms with E-state index in [1.807, 2.05) is 6.92 Å². The van der Waals surface area contributed by atoms with Gasteiger partial charge in [-0.1, -0.05) is 13.3 Å². The first-order chi connectivity index (χ1) is 7.24. The Hall–Kier alpha value is -1.03. The lowest BCUT2D eigenvalue weighted by atomic mass is 10.2. The van der Waals surface area contributed by atoms with Gasteiger partial charge in [0.15, 0.2) is 6.29 Å². The van der Waals surface area contributed by atoms with Crippen LogP contribution in [0, 0.1) is 0 Å². The Labute approximate surface area is 89.9 Å². The van der Waals surface area contributed by atoms with Crippen molar-refractivity contribution >= 4 is 5.97 Å². The highest BCUT2D eigenvalue weighted by molar-refractivity contribution is 5.84. The zero-order chi connectivity index (χ0) is 11.1. The first-order valence-electron chi connectivity index (χ1n) is 5.45. The summed E-state index contributed by atoms with van der Waals surface area (Å²) in [6.45, 7) is 2.65. The van der Waals surface area contributed by atoms with Crippen LogP contribution in [-0.2, 0) is 14.3 Å². The number of carboxylic acid groups (broad SMARTS) is 1. The summed E-state index contributed by atoms with van der Waals surface area (Å²) in [4.78, 5) is 10.8. The number of allylic oxidation sites excluding steroid dienone is 1. The molecule has 0 radical (unpaired) electrons. The van der Waals surface area contributed by atoms with Crippen LogP contribution in [0.3, 0.4) is 0 Å². The van der Waals surface area contributed by atoms with Crippen molar-refractivity contribution in [3.8, 4) is 0 Å². The van der Waals surface area contributed by atoms with Gasteiger partial charge in [0.2, 0.25) is 5.76 Å². The van der Waals surface area contributed by atoms with Crippen molar-refractivity contribution in [1.82, 2.24) is 0 Å². The van der Waals surface area contributed by atoms with Crippen LogP contribution in [0.2, 0.25) is 0 Å². The SMILES string of the molecule is CCC/C=C(/O[C@@H]1CCCCO1)C(=O)O. The second kappa shape index (κ2) is 6.45. The highest BCUT2D eigenvalue weighted by atomic mass is 16.7. The fourth-order valence-corrected chi connectivity index (χ4v) is 1.41. The largest absolute Gasteiger partial charge is 0.475 e. The summed E-state index contributed by atoms with van der Waals surface area (Å²) in [6.07, 6.45) is 5.70. The van der Waals surface area contributed by atoms with Crippen LogP contribution in [0.1, 0.15) is 39.0 Å². The van der Waals surface area contributed by atoms with Crippen LogP contribution >= 0.6 is 0 Å². The maximum absolute atomic E-state index is 10.8.